The summed E-state index contributed by atoms with van der Waals surface area (Å²) in [5.74, 6) is -0.399. The van der Waals surface area contributed by atoms with Gasteiger partial charge in [-0.25, -0.2) is 13.4 Å². The zero-order valence-electron chi connectivity index (χ0n) is 20.7. The summed E-state index contributed by atoms with van der Waals surface area (Å²) in [5.41, 5.74) is 1.61. The molecular weight excluding hydrogens is 480 g/mol. The van der Waals surface area contributed by atoms with Gasteiger partial charge >= 0.3 is 0 Å². The van der Waals surface area contributed by atoms with Gasteiger partial charge in [0.1, 0.15) is 0 Å². The first-order valence-corrected chi connectivity index (χ1v) is 13.6. The molecule has 2 amide bonds. The van der Waals surface area contributed by atoms with Crippen LogP contribution in [0.2, 0.25) is 5.02 Å². The zero-order chi connectivity index (χ0) is 25.5. The fourth-order valence-electron chi connectivity index (χ4n) is 3.67. The second kappa shape index (κ2) is 12.7. The fraction of sp³-hybridized carbons (Fsp3) is 0.636. The van der Waals surface area contributed by atoms with Crippen LogP contribution in [0.25, 0.3) is 0 Å². The lowest BCUT2D eigenvalue weighted by molar-refractivity contribution is -0.146. The van der Waals surface area contributed by atoms with Crippen LogP contribution in [0.3, 0.4) is 0 Å². The standard InChI is InChI=1S/C22H37ClN6O4S/c1-17(2)24-8-9-25-21(30)15-27(20-14-19(23)7-6-18(20)3)16-22(31)26(4)28-10-12-29(13-11-28)34(5,32)33/h6-7,14,17,24H,8-13,15-16H2,1-5H3,(H,25,30). The van der Waals surface area contributed by atoms with Gasteiger partial charge in [-0.1, -0.05) is 31.5 Å². The molecule has 1 fully saturated rings. The van der Waals surface area contributed by atoms with Gasteiger partial charge in [0.25, 0.3) is 5.91 Å². The molecule has 1 aliphatic rings. The lowest BCUT2D eigenvalue weighted by atomic mass is 10.1. The lowest BCUT2D eigenvalue weighted by Gasteiger charge is -2.39. The van der Waals surface area contributed by atoms with Gasteiger partial charge in [0, 0.05) is 63.1 Å². The van der Waals surface area contributed by atoms with Crippen molar-refractivity contribution in [3.05, 3.63) is 28.8 Å². The Labute approximate surface area is 208 Å². The summed E-state index contributed by atoms with van der Waals surface area (Å²) in [6.45, 7) is 8.56. The number of likely N-dealkylation sites (N-methyl/N-ethyl adjacent to an activating group) is 1. The Morgan fingerprint density at radius 1 is 1.12 bits per heavy atom. The molecule has 192 valence electrons. The Balaban J connectivity index is 2.06. The van der Waals surface area contributed by atoms with E-state index in [2.05, 4.69) is 10.6 Å². The summed E-state index contributed by atoms with van der Waals surface area (Å²) in [7, 11) is -1.59. The summed E-state index contributed by atoms with van der Waals surface area (Å²) in [4.78, 5) is 27.5. The number of halogens is 1. The Morgan fingerprint density at radius 3 is 2.35 bits per heavy atom. The maximum atomic E-state index is 13.2. The molecule has 1 aromatic carbocycles. The van der Waals surface area contributed by atoms with E-state index in [1.54, 1.807) is 24.1 Å². The number of benzene rings is 1. The average molecular weight is 517 g/mol. The van der Waals surface area contributed by atoms with Crippen LogP contribution in [-0.2, 0) is 19.6 Å². The second-order valence-electron chi connectivity index (χ2n) is 8.78. The molecular formula is C22H37ClN6O4S. The van der Waals surface area contributed by atoms with Crippen molar-refractivity contribution >= 4 is 39.1 Å². The molecule has 1 aromatic rings. The number of hydrazine groups is 1. The lowest BCUT2D eigenvalue weighted by Crippen LogP contribution is -2.56. The van der Waals surface area contributed by atoms with Gasteiger partial charge in [-0.05, 0) is 24.6 Å². The van der Waals surface area contributed by atoms with Crippen molar-refractivity contribution in [2.24, 2.45) is 0 Å². The number of hydrogen-bond acceptors (Lipinski definition) is 7. The highest BCUT2D eigenvalue weighted by molar-refractivity contribution is 7.88. The number of sulfonamides is 1. The molecule has 34 heavy (non-hydrogen) atoms. The fourth-order valence-corrected chi connectivity index (χ4v) is 4.67. The third kappa shape index (κ3) is 8.70. The third-order valence-corrected chi connectivity index (χ3v) is 7.18. The van der Waals surface area contributed by atoms with E-state index in [4.69, 9.17) is 11.6 Å². The summed E-state index contributed by atoms with van der Waals surface area (Å²) in [6, 6.07) is 5.71. The number of carbonyl (C=O) groups is 2. The first-order chi connectivity index (χ1) is 15.9. The highest BCUT2D eigenvalue weighted by atomic mass is 35.5. The number of rotatable bonds is 11. The van der Waals surface area contributed by atoms with Gasteiger partial charge in [-0.15, -0.1) is 0 Å². The van der Waals surface area contributed by atoms with Crippen LogP contribution < -0.4 is 15.5 Å². The number of amides is 2. The summed E-state index contributed by atoms with van der Waals surface area (Å²) >= 11 is 6.21. The molecule has 0 saturated carbocycles. The third-order valence-electron chi connectivity index (χ3n) is 5.64. The van der Waals surface area contributed by atoms with Crippen molar-refractivity contribution in [3.63, 3.8) is 0 Å². The molecule has 0 aromatic heterocycles. The number of hydrogen-bond donors (Lipinski definition) is 2. The summed E-state index contributed by atoms with van der Waals surface area (Å²) in [6.07, 6.45) is 1.19. The smallest absolute Gasteiger partial charge is 0.256 e. The van der Waals surface area contributed by atoms with E-state index in [9.17, 15) is 18.0 Å². The topological polar surface area (TPSA) is 105 Å². The monoisotopic (exact) mass is 516 g/mol. The van der Waals surface area contributed by atoms with Crippen molar-refractivity contribution in [2.75, 3.05) is 70.6 Å². The van der Waals surface area contributed by atoms with Crippen molar-refractivity contribution in [1.29, 1.82) is 0 Å². The molecule has 0 unspecified atom stereocenters. The van der Waals surface area contributed by atoms with E-state index in [0.29, 0.717) is 56.0 Å². The van der Waals surface area contributed by atoms with E-state index in [0.717, 1.165) is 5.56 Å². The zero-order valence-corrected chi connectivity index (χ0v) is 22.2. The predicted octanol–water partition coefficient (Wildman–Crippen LogP) is 0.520. The number of nitrogens with zero attached hydrogens (tertiary/aromatic N) is 4. The number of aryl methyl sites for hydroxylation is 1. The number of piperazine rings is 1. The van der Waals surface area contributed by atoms with E-state index in [1.165, 1.54) is 15.6 Å². The first-order valence-electron chi connectivity index (χ1n) is 11.4. The molecule has 1 saturated heterocycles. The minimum absolute atomic E-state index is 0.00426. The van der Waals surface area contributed by atoms with Gasteiger partial charge in [0.2, 0.25) is 15.9 Å². The number of carbonyl (C=O) groups excluding carboxylic acids is 2. The molecule has 2 N–H and O–H groups in total. The molecule has 2 rings (SSSR count). The van der Waals surface area contributed by atoms with Gasteiger partial charge in [0.05, 0.1) is 19.3 Å². The highest BCUT2D eigenvalue weighted by Gasteiger charge is 2.28. The normalized spacial score (nSPS) is 15.4. The average Bonchev–Trinajstić information content (AvgIpc) is 2.76. The summed E-state index contributed by atoms with van der Waals surface area (Å²) in [5, 5.41) is 9.98. The molecule has 0 aliphatic carbocycles. The SMILES string of the molecule is Cc1ccc(Cl)cc1N(CC(=O)NCCNC(C)C)CC(=O)N(C)N1CCN(S(C)(=O)=O)CC1. The van der Waals surface area contributed by atoms with E-state index >= 15 is 0 Å². The Morgan fingerprint density at radius 2 is 1.76 bits per heavy atom. The van der Waals surface area contributed by atoms with Crippen LogP contribution in [-0.4, -0.2) is 106 Å². The van der Waals surface area contributed by atoms with Gasteiger partial charge in [0.15, 0.2) is 0 Å². The largest absolute Gasteiger partial charge is 0.353 e. The first kappa shape index (κ1) is 28.3. The Bertz CT molecular complexity index is 951. The molecule has 0 spiro atoms. The van der Waals surface area contributed by atoms with E-state index in [-0.39, 0.29) is 24.9 Å². The van der Waals surface area contributed by atoms with Crippen LogP contribution in [0, 0.1) is 6.92 Å². The molecule has 10 nitrogen and oxygen atoms in total. The van der Waals surface area contributed by atoms with Crippen molar-refractivity contribution in [2.45, 2.75) is 26.8 Å². The molecule has 0 bridgehead atoms. The molecule has 0 atom stereocenters. The quantitative estimate of drug-likeness (QED) is 0.413. The van der Waals surface area contributed by atoms with Crippen LogP contribution in [0.4, 0.5) is 5.69 Å². The van der Waals surface area contributed by atoms with Crippen molar-refractivity contribution in [3.8, 4) is 0 Å². The van der Waals surface area contributed by atoms with Gasteiger partial charge in [-0.2, -0.15) is 4.31 Å². The Kier molecular flexibility index (Phi) is 10.6. The predicted molar refractivity (Wildman–Crippen MR) is 135 cm³/mol. The Hall–Kier alpha value is -1.92. The van der Waals surface area contributed by atoms with E-state index < -0.39 is 10.0 Å². The molecule has 1 heterocycles. The van der Waals surface area contributed by atoms with Crippen LogP contribution in [0.1, 0.15) is 19.4 Å². The van der Waals surface area contributed by atoms with Crippen LogP contribution in [0.15, 0.2) is 18.2 Å². The van der Waals surface area contributed by atoms with Crippen molar-refractivity contribution in [1.82, 2.24) is 25.0 Å². The van der Waals surface area contributed by atoms with Crippen LogP contribution in [0.5, 0.6) is 0 Å². The number of nitrogens with one attached hydrogen (secondary N) is 2. The van der Waals surface area contributed by atoms with Crippen LogP contribution >= 0.6 is 11.6 Å². The van der Waals surface area contributed by atoms with Gasteiger partial charge in [-0.3, -0.25) is 14.6 Å². The minimum atomic E-state index is -3.25. The molecule has 0 radical (unpaired) electrons. The van der Waals surface area contributed by atoms with Crippen molar-refractivity contribution < 1.29 is 18.0 Å². The highest BCUT2D eigenvalue weighted by Crippen LogP contribution is 2.24. The van der Waals surface area contributed by atoms with Gasteiger partial charge < -0.3 is 15.5 Å². The minimum Gasteiger partial charge on any atom is -0.353 e. The molecule has 1 aliphatic heterocycles. The summed E-state index contributed by atoms with van der Waals surface area (Å²) < 4.78 is 24.9. The molecule has 12 heteroatoms. The maximum absolute atomic E-state index is 13.2. The number of anilines is 1. The maximum Gasteiger partial charge on any atom is 0.256 e. The van der Waals surface area contributed by atoms with E-state index in [1.807, 2.05) is 31.8 Å². The second-order valence-corrected chi connectivity index (χ2v) is 11.2.